The smallest absolute Gasteiger partial charge is 0.331 e. The molecule has 1 saturated heterocycles. The molecule has 0 saturated carbocycles. The molecule has 3 aromatic rings. The zero-order chi connectivity index (χ0) is 41.0. The first-order valence-corrected chi connectivity index (χ1v) is 20.0. The number of rotatable bonds is 20. The van der Waals surface area contributed by atoms with Gasteiger partial charge in [-0.1, -0.05) is 18.2 Å². The highest BCUT2D eigenvalue weighted by molar-refractivity contribution is 5.91. The predicted octanol–water partition coefficient (Wildman–Crippen LogP) is 5.53. The van der Waals surface area contributed by atoms with Crippen LogP contribution in [0.5, 0.6) is 23.0 Å². The highest BCUT2D eigenvalue weighted by Crippen LogP contribution is 2.41. The number of aliphatic hydroxyl groups excluding tert-OH is 2. The van der Waals surface area contributed by atoms with Crippen LogP contribution in [-0.2, 0) is 51.7 Å². The molecule has 12 heteroatoms. The lowest BCUT2D eigenvalue weighted by Crippen LogP contribution is -2.52. The maximum atomic E-state index is 12.6. The minimum Gasteiger partial charge on any atom is -0.493 e. The Hall–Kier alpha value is -4.62. The molecule has 57 heavy (non-hydrogen) atoms. The van der Waals surface area contributed by atoms with Crippen LogP contribution in [0.15, 0.2) is 54.6 Å². The van der Waals surface area contributed by atoms with Crippen LogP contribution in [0.25, 0.3) is 0 Å². The lowest BCUT2D eigenvalue weighted by Gasteiger charge is -2.46. The van der Waals surface area contributed by atoms with E-state index in [1.807, 2.05) is 37.3 Å². The topological polar surface area (TPSA) is 130 Å². The maximum Gasteiger partial charge on any atom is 0.331 e. The monoisotopic (exact) mass is 790 g/mol. The number of methoxy groups -OCH3 is 4. The average molecular weight is 791 g/mol. The van der Waals surface area contributed by atoms with Gasteiger partial charge in [0.15, 0.2) is 23.0 Å². The van der Waals surface area contributed by atoms with Crippen molar-refractivity contribution in [2.75, 3.05) is 81.4 Å². The van der Waals surface area contributed by atoms with Gasteiger partial charge >= 0.3 is 11.9 Å². The summed E-state index contributed by atoms with van der Waals surface area (Å²) >= 11 is 0. The van der Waals surface area contributed by atoms with E-state index in [0.717, 1.165) is 120 Å². The molecular weight excluding hydrogens is 728 g/mol. The van der Waals surface area contributed by atoms with Gasteiger partial charge < -0.3 is 47.6 Å². The van der Waals surface area contributed by atoms with Crippen LogP contribution in [0, 0.1) is 6.92 Å². The van der Waals surface area contributed by atoms with Crippen LogP contribution in [-0.4, -0.2) is 113 Å². The number of esters is 2. The van der Waals surface area contributed by atoms with E-state index >= 15 is 0 Å². The van der Waals surface area contributed by atoms with Crippen molar-refractivity contribution in [2.45, 2.75) is 71.2 Å². The molecule has 0 spiro atoms. The number of likely N-dealkylation sites (N-methyl/N-ethyl adjacent to an activating group) is 1. The lowest BCUT2D eigenvalue weighted by molar-refractivity contribution is -0.941. The normalized spacial score (nSPS) is 18.6. The third-order valence-electron chi connectivity index (χ3n) is 11.9. The van der Waals surface area contributed by atoms with E-state index in [1.165, 1.54) is 5.56 Å². The van der Waals surface area contributed by atoms with E-state index in [2.05, 4.69) is 19.2 Å². The number of fused-ring (bicyclic) bond motifs is 1. The number of carbonyl (C=O) groups excluding carboxylic acids is 2. The van der Waals surface area contributed by atoms with Crippen molar-refractivity contribution in [3.05, 3.63) is 93.6 Å². The summed E-state index contributed by atoms with van der Waals surface area (Å²) in [5.41, 5.74) is 7.00. The first kappa shape index (κ1) is 43.5. The third kappa shape index (κ3) is 10.7. The molecule has 0 bridgehead atoms. The van der Waals surface area contributed by atoms with Gasteiger partial charge in [-0.2, -0.15) is 0 Å². The Morgan fingerprint density at radius 1 is 0.737 bits per heavy atom. The van der Waals surface area contributed by atoms with E-state index in [4.69, 9.17) is 28.4 Å². The molecule has 310 valence electrons. The number of ether oxygens (including phenoxy) is 6. The van der Waals surface area contributed by atoms with Crippen LogP contribution in [0.3, 0.4) is 0 Å². The SMILES string of the molecule is COc1ccc(C[C@@H]2c3cc(CO)c(CO)cc3CC[N@@+]2(C)CCCOC(=O)/C=C\C(=O)OCCC[N+]2(Cc3ccc(C)c(OC)c3OC)CCCC2)cc1OC. The minimum absolute atomic E-state index is 0.0339. The number of hydrogen-bond donors (Lipinski definition) is 2. The number of hydrogen-bond acceptors (Lipinski definition) is 10. The molecule has 0 aromatic heterocycles. The standard InChI is InChI=1S/C45H62N2O10/c1-32-11-13-35(45(55-6)44(32)54-5)29-47(19-7-8-20-47)21-10-24-57-43(51)16-15-42(50)56-23-9-18-46(2)22-17-34-27-36(30-48)37(31-49)28-38(34)39(46)25-33-12-14-40(52-3)41(26-33)53-4/h11-16,26-28,39,48-49H,7-10,17-25,29-31H2,1-6H3/q+2/b16-15-/t39-,46-/m1/s1. The molecule has 1 fully saturated rings. The second kappa shape index (κ2) is 20.2. The number of aliphatic hydroxyl groups is 2. The molecule has 12 nitrogen and oxygen atoms in total. The largest absolute Gasteiger partial charge is 0.493 e. The Kier molecular flexibility index (Phi) is 15.4. The number of aryl methyl sites for hydroxylation is 1. The molecule has 2 atom stereocenters. The van der Waals surface area contributed by atoms with Gasteiger partial charge in [-0.05, 0) is 59.0 Å². The fraction of sp³-hybridized carbons (Fsp3) is 0.511. The van der Waals surface area contributed by atoms with Crippen molar-refractivity contribution in [3.63, 3.8) is 0 Å². The summed E-state index contributed by atoms with van der Waals surface area (Å²) in [5.74, 6) is 1.70. The number of likely N-dealkylation sites (tertiary alicyclic amines) is 1. The second-order valence-corrected chi connectivity index (χ2v) is 15.6. The molecule has 0 amide bonds. The fourth-order valence-electron chi connectivity index (χ4n) is 8.81. The number of quaternary nitrogens is 2. The molecule has 0 aliphatic carbocycles. The van der Waals surface area contributed by atoms with E-state index in [-0.39, 0.29) is 32.5 Å². The Morgan fingerprint density at radius 3 is 1.98 bits per heavy atom. The van der Waals surface area contributed by atoms with Crippen molar-refractivity contribution < 1.29 is 57.2 Å². The van der Waals surface area contributed by atoms with Gasteiger partial charge in [0, 0.05) is 56.2 Å². The number of carbonyl (C=O) groups is 2. The van der Waals surface area contributed by atoms with E-state index in [1.54, 1.807) is 28.4 Å². The zero-order valence-corrected chi connectivity index (χ0v) is 34.6. The van der Waals surface area contributed by atoms with Crippen LogP contribution in [0.2, 0.25) is 0 Å². The lowest BCUT2D eigenvalue weighted by atomic mass is 9.84. The van der Waals surface area contributed by atoms with Gasteiger partial charge in [-0.3, -0.25) is 0 Å². The van der Waals surface area contributed by atoms with Crippen LogP contribution >= 0.6 is 0 Å². The Morgan fingerprint density at radius 2 is 1.37 bits per heavy atom. The van der Waals surface area contributed by atoms with Crippen molar-refractivity contribution in [1.82, 2.24) is 0 Å². The fourth-order valence-corrected chi connectivity index (χ4v) is 8.81. The Labute approximate surface area is 337 Å². The quantitative estimate of drug-likeness (QED) is 0.0653. The van der Waals surface area contributed by atoms with Gasteiger partial charge in [-0.25, -0.2) is 9.59 Å². The van der Waals surface area contributed by atoms with Crippen molar-refractivity contribution in [2.24, 2.45) is 0 Å². The molecule has 2 aliphatic heterocycles. The predicted molar refractivity (Wildman–Crippen MR) is 216 cm³/mol. The third-order valence-corrected chi connectivity index (χ3v) is 11.9. The van der Waals surface area contributed by atoms with Crippen LogP contribution in [0.1, 0.15) is 70.7 Å². The zero-order valence-electron chi connectivity index (χ0n) is 34.6. The van der Waals surface area contributed by atoms with Crippen molar-refractivity contribution in [3.8, 4) is 23.0 Å². The van der Waals surface area contributed by atoms with E-state index in [9.17, 15) is 19.8 Å². The second-order valence-electron chi connectivity index (χ2n) is 15.6. The molecule has 5 rings (SSSR count). The van der Waals surface area contributed by atoms with Crippen molar-refractivity contribution >= 4 is 11.9 Å². The van der Waals surface area contributed by atoms with Gasteiger partial charge in [0.1, 0.15) is 12.6 Å². The van der Waals surface area contributed by atoms with Gasteiger partial charge in [0.25, 0.3) is 0 Å². The molecule has 2 N–H and O–H groups in total. The summed E-state index contributed by atoms with van der Waals surface area (Å²) in [5, 5.41) is 20.1. The molecule has 0 unspecified atom stereocenters. The van der Waals surface area contributed by atoms with E-state index < -0.39 is 11.9 Å². The summed E-state index contributed by atoms with van der Waals surface area (Å²) in [6.07, 6.45) is 7.41. The molecule has 0 radical (unpaired) electrons. The minimum atomic E-state index is -0.589. The first-order valence-electron chi connectivity index (χ1n) is 20.0. The van der Waals surface area contributed by atoms with Crippen LogP contribution in [0.4, 0.5) is 0 Å². The van der Waals surface area contributed by atoms with Gasteiger partial charge in [-0.15, -0.1) is 0 Å². The maximum absolute atomic E-state index is 12.6. The van der Waals surface area contributed by atoms with Gasteiger partial charge in [0.05, 0.1) is 100 Å². The Balaban J connectivity index is 1.13. The Bertz CT molecular complexity index is 1870. The summed E-state index contributed by atoms with van der Waals surface area (Å²) in [6.45, 7) is 7.56. The highest BCUT2D eigenvalue weighted by atomic mass is 16.5. The molecule has 2 heterocycles. The van der Waals surface area contributed by atoms with Crippen molar-refractivity contribution in [1.29, 1.82) is 0 Å². The molecule has 3 aromatic carbocycles. The summed E-state index contributed by atoms with van der Waals surface area (Å²) in [6, 6.07) is 14.2. The summed E-state index contributed by atoms with van der Waals surface area (Å²) in [7, 11) is 8.80. The summed E-state index contributed by atoms with van der Waals surface area (Å²) in [4.78, 5) is 25.1. The number of nitrogens with zero attached hydrogens (tertiary/aromatic N) is 2. The molecular formula is C45H62N2O10+2. The highest BCUT2D eigenvalue weighted by Gasteiger charge is 2.39. The molecule has 2 aliphatic rings. The van der Waals surface area contributed by atoms with E-state index in [0.29, 0.717) is 35.2 Å². The summed E-state index contributed by atoms with van der Waals surface area (Å²) < 4.78 is 35.0. The number of benzene rings is 3. The average Bonchev–Trinajstić information content (AvgIpc) is 3.69. The first-order chi connectivity index (χ1) is 27.5. The van der Waals surface area contributed by atoms with Gasteiger partial charge in [0.2, 0.25) is 0 Å². The van der Waals surface area contributed by atoms with Crippen LogP contribution < -0.4 is 18.9 Å².